The predicted octanol–water partition coefficient (Wildman–Crippen LogP) is 2.32. The maximum Gasteiger partial charge on any atom is 0.127 e. The van der Waals surface area contributed by atoms with Crippen molar-refractivity contribution < 1.29 is 9.50 Å². The highest BCUT2D eigenvalue weighted by molar-refractivity contribution is 5.20. The molecule has 4 heteroatoms. The van der Waals surface area contributed by atoms with E-state index in [1.165, 1.54) is 6.07 Å². The molecule has 0 aromatic heterocycles. The van der Waals surface area contributed by atoms with Crippen molar-refractivity contribution in [2.24, 2.45) is 0 Å². The van der Waals surface area contributed by atoms with Crippen LogP contribution in [0.5, 0.6) is 0 Å². The Bertz CT molecular complexity index is 405. The van der Waals surface area contributed by atoms with Crippen LogP contribution >= 0.6 is 0 Å². The maximum atomic E-state index is 13.6. The van der Waals surface area contributed by atoms with E-state index in [1.807, 2.05) is 19.1 Å². The molecule has 1 aromatic rings. The summed E-state index contributed by atoms with van der Waals surface area (Å²) in [5, 5.41) is 12.8. The molecule has 0 bridgehead atoms. The number of benzene rings is 1. The molecule has 0 spiro atoms. The first-order chi connectivity index (χ1) is 9.66. The van der Waals surface area contributed by atoms with Gasteiger partial charge in [0.1, 0.15) is 5.82 Å². The highest BCUT2D eigenvalue weighted by atomic mass is 19.1. The molecule has 1 aromatic carbocycles. The smallest absolute Gasteiger partial charge is 0.127 e. The SMILES string of the molecule is CC(NCCCN1CCC(O)CC1)c1ccccc1F. The largest absolute Gasteiger partial charge is 0.393 e. The summed E-state index contributed by atoms with van der Waals surface area (Å²) in [4.78, 5) is 2.39. The third-order valence-corrected chi connectivity index (χ3v) is 4.03. The van der Waals surface area contributed by atoms with Gasteiger partial charge in [0.25, 0.3) is 0 Å². The second kappa shape index (κ2) is 7.72. The number of nitrogens with one attached hydrogen (secondary N) is 1. The van der Waals surface area contributed by atoms with E-state index in [9.17, 15) is 9.50 Å². The quantitative estimate of drug-likeness (QED) is 0.785. The van der Waals surface area contributed by atoms with E-state index >= 15 is 0 Å². The predicted molar refractivity (Wildman–Crippen MR) is 79.1 cm³/mol. The standard InChI is InChI=1S/C16H25FN2O/c1-13(15-5-2-3-6-16(15)17)18-9-4-10-19-11-7-14(20)8-12-19/h2-3,5-6,13-14,18,20H,4,7-12H2,1H3. The fraction of sp³-hybridized carbons (Fsp3) is 0.625. The molecule has 0 saturated carbocycles. The summed E-state index contributed by atoms with van der Waals surface area (Å²) in [5.41, 5.74) is 0.730. The highest BCUT2D eigenvalue weighted by Crippen LogP contribution is 2.16. The minimum absolute atomic E-state index is 0.0411. The van der Waals surface area contributed by atoms with E-state index < -0.39 is 0 Å². The molecule has 20 heavy (non-hydrogen) atoms. The normalized spacial score (nSPS) is 19.1. The Labute approximate surface area is 120 Å². The van der Waals surface area contributed by atoms with Gasteiger partial charge < -0.3 is 15.3 Å². The van der Waals surface area contributed by atoms with Crippen LogP contribution in [0.25, 0.3) is 0 Å². The second-order valence-corrected chi connectivity index (χ2v) is 5.62. The van der Waals surface area contributed by atoms with Crippen molar-refractivity contribution in [1.82, 2.24) is 10.2 Å². The zero-order valence-corrected chi connectivity index (χ0v) is 12.2. The summed E-state index contributed by atoms with van der Waals surface area (Å²) in [7, 11) is 0. The summed E-state index contributed by atoms with van der Waals surface area (Å²) in [6.45, 7) is 5.90. The molecule has 0 aliphatic carbocycles. The Balaban J connectivity index is 1.65. The Morgan fingerprint density at radius 3 is 2.75 bits per heavy atom. The first-order valence-electron chi connectivity index (χ1n) is 7.55. The lowest BCUT2D eigenvalue weighted by Crippen LogP contribution is -2.37. The minimum atomic E-state index is -0.141. The molecule has 0 amide bonds. The Morgan fingerprint density at radius 1 is 1.35 bits per heavy atom. The zero-order chi connectivity index (χ0) is 14.4. The Hall–Kier alpha value is -0.970. The van der Waals surface area contributed by atoms with Crippen LogP contribution < -0.4 is 5.32 Å². The van der Waals surface area contributed by atoms with Gasteiger partial charge in [-0.15, -0.1) is 0 Å². The summed E-state index contributed by atoms with van der Waals surface area (Å²) in [5.74, 6) is -0.141. The number of halogens is 1. The molecule has 1 heterocycles. The molecule has 2 N–H and O–H groups in total. The number of piperidine rings is 1. The van der Waals surface area contributed by atoms with Crippen molar-refractivity contribution in [3.05, 3.63) is 35.6 Å². The first-order valence-corrected chi connectivity index (χ1v) is 7.55. The van der Waals surface area contributed by atoms with Crippen LogP contribution in [0.1, 0.15) is 37.8 Å². The van der Waals surface area contributed by atoms with Crippen molar-refractivity contribution in [3.8, 4) is 0 Å². The van der Waals surface area contributed by atoms with E-state index in [4.69, 9.17) is 0 Å². The molecule has 0 radical (unpaired) electrons. The molecular weight excluding hydrogens is 255 g/mol. The van der Waals surface area contributed by atoms with E-state index in [-0.39, 0.29) is 18.0 Å². The number of aliphatic hydroxyl groups is 1. The molecule has 1 atom stereocenters. The lowest BCUT2D eigenvalue weighted by atomic mass is 10.1. The summed E-state index contributed by atoms with van der Waals surface area (Å²) in [6.07, 6.45) is 2.72. The van der Waals surface area contributed by atoms with Gasteiger partial charge in [-0.2, -0.15) is 0 Å². The molecule has 3 nitrogen and oxygen atoms in total. The van der Waals surface area contributed by atoms with Gasteiger partial charge in [0.05, 0.1) is 6.10 Å². The average Bonchev–Trinajstić information content (AvgIpc) is 2.46. The van der Waals surface area contributed by atoms with Gasteiger partial charge in [0.15, 0.2) is 0 Å². The fourth-order valence-corrected chi connectivity index (χ4v) is 2.70. The Morgan fingerprint density at radius 2 is 2.05 bits per heavy atom. The van der Waals surface area contributed by atoms with E-state index in [0.29, 0.717) is 0 Å². The van der Waals surface area contributed by atoms with Crippen LogP contribution in [0.4, 0.5) is 4.39 Å². The molecule has 1 fully saturated rings. The van der Waals surface area contributed by atoms with Crippen molar-refractivity contribution in [2.75, 3.05) is 26.2 Å². The van der Waals surface area contributed by atoms with Crippen LogP contribution in [-0.4, -0.2) is 42.3 Å². The topological polar surface area (TPSA) is 35.5 Å². The molecule has 1 saturated heterocycles. The van der Waals surface area contributed by atoms with Gasteiger partial charge in [-0.1, -0.05) is 18.2 Å². The molecule has 2 rings (SSSR count). The van der Waals surface area contributed by atoms with Gasteiger partial charge in [0, 0.05) is 24.7 Å². The third-order valence-electron chi connectivity index (χ3n) is 4.03. The number of likely N-dealkylation sites (tertiary alicyclic amines) is 1. The maximum absolute atomic E-state index is 13.6. The first kappa shape index (κ1) is 15.4. The molecular formula is C16H25FN2O. The van der Waals surface area contributed by atoms with Crippen LogP contribution in [0, 0.1) is 5.82 Å². The van der Waals surface area contributed by atoms with Crippen molar-refractivity contribution in [2.45, 2.75) is 38.3 Å². The van der Waals surface area contributed by atoms with Gasteiger partial charge in [-0.25, -0.2) is 4.39 Å². The van der Waals surface area contributed by atoms with Crippen LogP contribution in [0.2, 0.25) is 0 Å². The second-order valence-electron chi connectivity index (χ2n) is 5.62. The number of hydrogen-bond donors (Lipinski definition) is 2. The monoisotopic (exact) mass is 280 g/mol. The van der Waals surface area contributed by atoms with Gasteiger partial charge in [-0.05, 0) is 45.3 Å². The summed E-state index contributed by atoms with van der Waals surface area (Å²) in [6, 6.07) is 6.97. The van der Waals surface area contributed by atoms with Crippen LogP contribution in [-0.2, 0) is 0 Å². The third kappa shape index (κ3) is 4.54. The van der Waals surface area contributed by atoms with Gasteiger partial charge in [-0.3, -0.25) is 0 Å². The van der Waals surface area contributed by atoms with Gasteiger partial charge in [0.2, 0.25) is 0 Å². The molecule has 1 aliphatic rings. The number of nitrogens with zero attached hydrogens (tertiary/aromatic N) is 1. The van der Waals surface area contributed by atoms with Crippen molar-refractivity contribution in [1.29, 1.82) is 0 Å². The highest BCUT2D eigenvalue weighted by Gasteiger charge is 2.16. The lowest BCUT2D eigenvalue weighted by Gasteiger charge is -2.29. The number of aliphatic hydroxyl groups excluding tert-OH is 1. The van der Waals surface area contributed by atoms with Gasteiger partial charge >= 0.3 is 0 Å². The number of rotatable bonds is 6. The average molecular weight is 280 g/mol. The van der Waals surface area contributed by atoms with E-state index in [0.717, 1.165) is 51.0 Å². The van der Waals surface area contributed by atoms with E-state index in [1.54, 1.807) is 6.07 Å². The number of hydrogen-bond acceptors (Lipinski definition) is 3. The Kier molecular flexibility index (Phi) is 5.95. The minimum Gasteiger partial charge on any atom is -0.393 e. The summed E-state index contributed by atoms with van der Waals surface area (Å²) < 4.78 is 13.6. The van der Waals surface area contributed by atoms with Crippen LogP contribution in [0.15, 0.2) is 24.3 Å². The molecule has 112 valence electrons. The van der Waals surface area contributed by atoms with E-state index in [2.05, 4.69) is 10.2 Å². The van der Waals surface area contributed by atoms with Crippen LogP contribution in [0.3, 0.4) is 0 Å². The molecule has 1 aliphatic heterocycles. The fourth-order valence-electron chi connectivity index (χ4n) is 2.70. The van der Waals surface area contributed by atoms with Crippen molar-refractivity contribution in [3.63, 3.8) is 0 Å². The summed E-state index contributed by atoms with van der Waals surface area (Å²) >= 11 is 0. The molecule has 1 unspecified atom stereocenters. The van der Waals surface area contributed by atoms with Crippen molar-refractivity contribution >= 4 is 0 Å². The zero-order valence-electron chi connectivity index (χ0n) is 12.2. The lowest BCUT2D eigenvalue weighted by molar-refractivity contribution is 0.0820.